The first-order chi connectivity index (χ1) is 15.7. The van der Waals surface area contributed by atoms with Gasteiger partial charge in [-0.15, -0.1) is 13.2 Å². The smallest absolute Gasteiger partial charge is 0.406 e. The number of halogens is 3. The van der Waals surface area contributed by atoms with Crippen molar-refractivity contribution in [1.29, 1.82) is 0 Å². The van der Waals surface area contributed by atoms with Gasteiger partial charge in [0.2, 0.25) is 11.5 Å². The van der Waals surface area contributed by atoms with Crippen LogP contribution >= 0.6 is 0 Å². The Hall–Kier alpha value is -4.15. The third-order valence-corrected chi connectivity index (χ3v) is 4.76. The molecule has 4 aromatic rings. The summed E-state index contributed by atoms with van der Waals surface area (Å²) in [5, 5.41) is 10.7. The third kappa shape index (κ3) is 5.20. The van der Waals surface area contributed by atoms with Crippen molar-refractivity contribution >= 4 is 17.2 Å². The van der Waals surface area contributed by atoms with Gasteiger partial charge in [-0.25, -0.2) is 4.52 Å². The van der Waals surface area contributed by atoms with E-state index in [4.69, 9.17) is 4.52 Å². The quantitative estimate of drug-likeness (QED) is 0.418. The topological polar surface area (TPSA) is 98.7 Å². The number of ketones is 1. The Bertz CT molecular complexity index is 1310. The summed E-state index contributed by atoms with van der Waals surface area (Å²) in [4.78, 5) is 25.1. The third-order valence-electron chi connectivity index (χ3n) is 4.76. The van der Waals surface area contributed by atoms with Gasteiger partial charge in [0.25, 0.3) is 5.91 Å². The number of benzene rings is 1. The van der Waals surface area contributed by atoms with Crippen molar-refractivity contribution in [2.24, 2.45) is 0 Å². The summed E-state index contributed by atoms with van der Waals surface area (Å²) in [6.07, 6.45) is -1.87. The molecule has 0 bridgehead atoms. The highest BCUT2D eigenvalue weighted by molar-refractivity contribution is 6.00. The van der Waals surface area contributed by atoms with Crippen molar-refractivity contribution in [3.63, 3.8) is 0 Å². The predicted octanol–water partition coefficient (Wildman–Crippen LogP) is 4.14. The van der Waals surface area contributed by atoms with E-state index in [9.17, 15) is 22.8 Å². The molecule has 0 radical (unpaired) electrons. The van der Waals surface area contributed by atoms with Gasteiger partial charge in [-0.3, -0.25) is 9.59 Å². The van der Waals surface area contributed by atoms with Crippen LogP contribution in [-0.4, -0.2) is 32.8 Å². The van der Waals surface area contributed by atoms with Crippen molar-refractivity contribution in [3.8, 4) is 5.75 Å². The molecule has 1 atom stereocenters. The molecule has 0 saturated carbocycles. The monoisotopic (exact) mass is 458 g/mol. The number of amides is 1. The molecule has 4 rings (SSSR count). The fourth-order valence-corrected chi connectivity index (χ4v) is 3.21. The molecular formula is C22H17F3N4O4. The average Bonchev–Trinajstić information content (AvgIpc) is 3.40. The Morgan fingerprint density at radius 2 is 2.00 bits per heavy atom. The molecule has 0 spiro atoms. The molecule has 0 saturated heterocycles. The molecule has 170 valence electrons. The number of alkyl halides is 3. The standard InChI is InChI=1S/C22H17F3N4O4/c1-13(27-21(31)16-12-26-29-8-3-2-7-18(16)29)17-11-20(33-28-17)19(30)10-14-5-4-6-15(9-14)32-22(23,24)25/h2-9,11-13H,10H2,1H3,(H,27,31)/t13-/m1/s1. The van der Waals surface area contributed by atoms with Gasteiger partial charge in [-0.2, -0.15) is 5.10 Å². The van der Waals surface area contributed by atoms with Crippen molar-refractivity contribution < 1.29 is 32.0 Å². The van der Waals surface area contributed by atoms with Crippen LogP contribution in [0.2, 0.25) is 0 Å². The fraction of sp³-hybridized carbons (Fsp3) is 0.182. The molecule has 8 nitrogen and oxygen atoms in total. The fourth-order valence-electron chi connectivity index (χ4n) is 3.21. The minimum atomic E-state index is -4.83. The largest absolute Gasteiger partial charge is 0.573 e. The number of aromatic nitrogens is 3. The number of rotatable bonds is 7. The van der Waals surface area contributed by atoms with Gasteiger partial charge in [-0.1, -0.05) is 23.4 Å². The molecule has 11 heteroatoms. The summed E-state index contributed by atoms with van der Waals surface area (Å²) in [5.74, 6) is -1.36. The predicted molar refractivity (Wildman–Crippen MR) is 109 cm³/mol. The molecule has 1 amide bonds. The first kappa shape index (κ1) is 22.1. The number of Topliss-reactive ketones (excluding diaryl/α,β-unsaturated/α-hetero) is 1. The summed E-state index contributed by atoms with van der Waals surface area (Å²) < 4.78 is 47.7. The summed E-state index contributed by atoms with van der Waals surface area (Å²) in [6, 6.07) is 11.3. The van der Waals surface area contributed by atoms with Crippen molar-refractivity contribution in [1.82, 2.24) is 20.1 Å². The number of carbonyl (C=O) groups is 2. The Morgan fingerprint density at radius 1 is 1.18 bits per heavy atom. The van der Waals surface area contributed by atoms with Gasteiger partial charge >= 0.3 is 6.36 Å². The molecule has 33 heavy (non-hydrogen) atoms. The van der Waals surface area contributed by atoms with Crippen LogP contribution in [0.5, 0.6) is 5.75 Å². The first-order valence-electron chi connectivity index (χ1n) is 9.77. The zero-order valence-corrected chi connectivity index (χ0v) is 17.2. The van der Waals surface area contributed by atoms with Crippen LogP contribution in [0.1, 0.15) is 45.1 Å². The molecular weight excluding hydrogens is 441 g/mol. The molecule has 0 aliphatic rings. The lowest BCUT2D eigenvalue weighted by Crippen LogP contribution is -2.26. The Morgan fingerprint density at radius 3 is 2.79 bits per heavy atom. The highest BCUT2D eigenvalue weighted by Crippen LogP contribution is 2.24. The van der Waals surface area contributed by atoms with Gasteiger partial charge in [0.1, 0.15) is 11.4 Å². The van der Waals surface area contributed by atoms with Crippen molar-refractivity contribution in [2.75, 3.05) is 0 Å². The normalized spacial score (nSPS) is 12.5. The summed E-state index contributed by atoms with van der Waals surface area (Å²) >= 11 is 0. The first-order valence-corrected chi connectivity index (χ1v) is 9.77. The lowest BCUT2D eigenvalue weighted by molar-refractivity contribution is -0.274. The number of nitrogens with zero attached hydrogens (tertiary/aromatic N) is 3. The molecule has 1 N–H and O–H groups in total. The van der Waals surface area contributed by atoms with Gasteiger partial charge in [0, 0.05) is 18.7 Å². The summed E-state index contributed by atoms with van der Waals surface area (Å²) in [5.41, 5.74) is 1.64. The van der Waals surface area contributed by atoms with Gasteiger partial charge in [0.15, 0.2) is 0 Å². The molecule has 3 aromatic heterocycles. The minimum Gasteiger partial charge on any atom is -0.406 e. The van der Waals surface area contributed by atoms with E-state index >= 15 is 0 Å². The number of ether oxygens (including phenoxy) is 1. The Labute approximate surface area is 184 Å². The zero-order valence-electron chi connectivity index (χ0n) is 17.2. The van der Waals surface area contributed by atoms with Crippen LogP contribution in [0.15, 0.2) is 65.4 Å². The van der Waals surface area contributed by atoms with Crippen LogP contribution in [0.3, 0.4) is 0 Å². The highest BCUT2D eigenvalue weighted by Gasteiger charge is 2.31. The number of carbonyl (C=O) groups excluding carboxylic acids is 2. The maximum absolute atomic E-state index is 12.6. The van der Waals surface area contributed by atoms with Crippen LogP contribution in [0.25, 0.3) is 5.52 Å². The summed E-state index contributed by atoms with van der Waals surface area (Å²) in [7, 11) is 0. The van der Waals surface area contributed by atoms with E-state index in [1.165, 1.54) is 24.4 Å². The second kappa shape index (κ2) is 8.77. The van der Waals surface area contributed by atoms with Gasteiger partial charge < -0.3 is 14.6 Å². The molecule has 0 aliphatic heterocycles. The van der Waals surface area contributed by atoms with E-state index in [-0.39, 0.29) is 18.1 Å². The number of hydrogen-bond donors (Lipinski definition) is 1. The molecule has 0 fully saturated rings. The number of fused-ring (bicyclic) bond motifs is 1. The van der Waals surface area contributed by atoms with Crippen LogP contribution < -0.4 is 10.1 Å². The second-order valence-electron chi connectivity index (χ2n) is 7.20. The van der Waals surface area contributed by atoms with E-state index in [2.05, 4.69) is 20.3 Å². The van der Waals surface area contributed by atoms with Crippen LogP contribution in [0, 0.1) is 0 Å². The lowest BCUT2D eigenvalue weighted by Gasteiger charge is -2.10. The van der Waals surface area contributed by atoms with E-state index < -0.39 is 23.9 Å². The Balaban J connectivity index is 1.41. The molecule has 0 aliphatic carbocycles. The number of pyridine rings is 1. The molecule has 1 aromatic carbocycles. The van der Waals surface area contributed by atoms with E-state index in [0.29, 0.717) is 22.3 Å². The van der Waals surface area contributed by atoms with Crippen LogP contribution in [-0.2, 0) is 6.42 Å². The Kier molecular flexibility index (Phi) is 5.86. The zero-order chi connectivity index (χ0) is 23.6. The SMILES string of the molecule is C[C@@H](NC(=O)c1cnn2ccccc12)c1cc(C(=O)Cc2cccc(OC(F)(F)F)c2)on1. The lowest BCUT2D eigenvalue weighted by atomic mass is 10.1. The van der Waals surface area contributed by atoms with E-state index in [0.717, 1.165) is 12.1 Å². The van der Waals surface area contributed by atoms with Gasteiger partial charge in [-0.05, 0) is 36.8 Å². The summed E-state index contributed by atoms with van der Waals surface area (Å²) in [6.45, 7) is 1.67. The maximum atomic E-state index is 12.6. The van der Waals surface area contributed by atoms with Gasteiger partial charge in [0.05, 0.1) is 23.3 Å². The van der Waals surface area contributed by atoms with Crippen molar-refractivity contribution in [2.45, 2.75) is 25.7 Å². The van der Waals surface area contributed by atoms with E-state index in [1.54, 1.807) is 35.8 Å². The van der Waals surface area contributed by atoms with E-state index in [1.807, 2.05) is 0 Å². The highest BCUT2D eigenvalue weighted by atomic mass is 19.4. The molecule has 0 unspecified atom stereocenters. The number of nitrogens with one attached hydrogen (secondary N) is 1. The second-order valence-corrected chi connectivity index (χ2v) is 7.20. The number of hydrogen-bond acceptors (Lipinski definition) is 6. The van der Waals surface area contributed by atoms with Crippen LogP contribution in [0.4, 0.5) is 13.2 Å². The van der Waals surface area contributed by atoms with Crippen molar-refractivity contribution in [3.05, 3.63) is 83.5 Å². The average molecular weight is 458 g/mol. The molecule has 3 heterocycles. The maximum Gasteiger partial charge on any atom is 0.573 e. The minimum absolute atomic E-state index is 0.0794.